The standard InChI is InChI=1S/C29H37N3O7/c1-7-35-26(33)25-31-24(39-32-25)19-37-23-15-11-21(12-16-23)29(5,6)20-9-13-22(14-10-20)36-18-8-17-30-27(34)38-28(2,3)4/h9-16H,7-8,17-19H2,1-6H3,(H,30,34). The lowest BCUT2D eigenvalue weighted by Crippen LogP contribution is -2.33. The molecule has 10 heteroatoms. The van der Waals surface area contributed by atoms with Gasteiger partial charge < -0.3 is 28.8 Å². The highest BCUT2D eigenvalue weighted by molar-refractivity contribution is 5.84. The maximum absolute atomic E-state index is 11.7. The van der Waals surface area contributed by atoms with Crippen molar-refractivity contribution in [1.82, 2.24) is 15.5 Å². The van der Waals surface area contributed by atoms with Gasteiger partial charge in [-0.15, -0.1) is 0 Å². The summed E-state index contributed by atoms with van der Waals surface area (Å²) in [4.78, 5) is 27.3. The van der Waals surface area contributed by atoms with E-state index in [0.717, 1.165) is 16.9 Å². The zero-order valence-electron chi connectivity index (χ0n) is 23.4. The van der Waals surface area contributed by atoms with Crippen molar-refractivity contribution in [3.8, 4) is 11.5 Å². The summed E-state index contributed by atoms with van der Waals surface area (Å²) in [5.41, 5.74) is 1.47. The molecule has 0 atom stereocenters. The second-order valence-corrected chi connectivity index (χ2v) is 10.3. The summed E-state index contributed by atoms with van der Waals surface area (Å²) in [6, 6.07) is 15.8. The number of hydrogen-bond donors (Lipinski definition) is 1. The molecule has 1 amide bonds. The normalized spacial score (nSPS) is 11.5. The topological polar surface area (TPSA) is 122 Å². The number of amides is 1. The van der Waals surface area contributed by atoms with E-state index in [9.17, 15) is 9.59 Å². The number of esters is 1. The van der Waals surface area contributed by atoms with Gasteiger partial charge in [-0.1, -0.05) is 38.1 Å². The fourth-order valence-corrected chi connectivity index (χ4v) is 3.61. The molecule has 210 valence electrons. The minimum atomic E-state index is -0.633. The van der Waals surface area contributed by atoms with Crippen LogP contribution < -0.4 is 14.8 Å². The van der Waals surface area contributed by atoms with Crippen LogP contribution in [0.3, 0.4) is 0 Å². The van der Waals surface area contributed by atoms with E-state index >= 15 is 0 Å². The van der Waals surface area contributed by atoms with E-state index in [2.05, 4.69) is 41.4 Å². The first-order chi connectivity index (χ1) is 18.5. The third kappa shape index (κ3) is 9.01. The Labute approximate surface area is 229 Å². The third-order valence-electron chi connectivity index (χ3n) is 5.70. The van der Waals surface area contributed by atoms with Crippen LogP contribution in [0, 0.1) is 0 Å². The summed E-state index contributed by atoms with van der Waals surface area (Å²) in [5.74, 6) is 0.826. The van der Waals surface area contributed by atoms with Crippen LogP contribution in [0.2, 0.25) is 0 Å². The molecule has 2 aromatic carbocycles. The summed E-state index contributed by atoms with van der Waals surface area (Å²) in [6.07, 6.45) is 0.241. The number of nitrogens with zero attached hydrogens (tertiary/aromatic N) is 2. The number of ether oxygens (including phenoxy) is 4. The molecule has 3 rings (SSSR count). The molecule has 0 aliphatic rings. The summed E-state index contributed by atoms with van der Waals surface area (Å²) < 4.78 is 26.7. The lowest BCUT2D eigenvalue weighted by atomic mass is 9.78. The van der Waals surface area contributed by atoms with Gasteiger partial charge in [-0.2, -0.15) is 4.98 Å². The molecule has 0 spiro atoms. The molecule has 10 nitrogen and oxygen atoms in total. The van der Waals surface area contributed by atoms with E-state index in [0.29, 0.717) is 25.3 Å². The first kappa shape index (κ1) is 29.5. The van der Waals surface area contributed by atoms with Crippen molar-refractivity contribution in [3.63, 3.8) is 0 Å². The molecular formula is C29H37N3O7. The maximum atomic E-state index is 11.7. The summed E-state index contributed by atoms with van der Waals surface area (Å²) in [5, 5.41) is 6.33. The number of aromatic nitrogens is 2. The Bertz CT molecular complexity index is 1210. The summed E-state index contributed by atoms with van der Waals surface area (Å²) in [7, 11) is 0. The summed E-state index contributed by atoms with van der Waals surface area (Å²) in [6.45, 7) is 12.7. The number of hydrogen-bond acceptors (Lipinski definition) is 9. The van der Waals surface area contributed by atoms with Gasteiger partial charge in [0.2, 0.25) is 0 Å². The monoisotopic (exact) mass is 539 g/mol. The zero-order valence-corrected chi connectivity index (χ0v) is 23.4. The van der Waals surface area contributed by atoms with E-state index in [-0.39, 0.29) is 30.3 Å². The van der Waals surface area contributed by atoms with E-state index in [1.807, 2.05) is 57.2 Å². The number of alkyl carbamates (subject to hydrolysis) is 1. The molecular weight excluding hydrogens is 502 g/mol. The molecule has 1 N–H and O–H groups in total. The first-order valence-corrected chi connectivity index (χ1v) is 12.9. The quantitative estimate of drug-likeness (QED) is 0.237. The largest absolute Gasteiger partial charge is 0.494 e. The highest BCUT2D eigenvalue weighted by Gasteiger charge is 2.23. The van der Waals surface area contributed by atoms with Crippen LogP contribution in [-0.2, 0) is 21.5 Å². The van der Waals surface area contributed by atoms with Crippen LogP contribution in [0.4, 0.5) is 4.79 Å². The van der Waals surface area contributed by atoms with Gasteiger partial charge in [-0.3, -0.25) is 0 Å². The summed E-state index contributed by atoms with van der Waals surface area (Å²) >= 11 is 0. The van der Waals surface area contributed by atoms with E-state index in [1.54, 1.807) is 6.92 Å². The van der Waals surface area contributed by atoms with Crippen molar-refractivity contribution in [2.75, 3.05) is 19.8 Å². The van der Waals surface area contributed by atoms with Crippen LogP contribution in [0.15, 0.2) is 53.1 Å². The molecule has 0 fully saturated rings. The van der Waals surface area contributed by atoms with Crippen LogP contribution >= 0.6 is 0 Å². The lowest BCUT2D eigenvalue weighted by Gasteiger charge is -2.26. The smallest absolute Gasteiger partial charge is 0.407 e. The molecule has 0 aliphatic carbocycles. The van der Waals surface area contributed by atoms with Crippen molar-refractivity contribution >= 4 is 12.1 Å². The van der Waals surface area contributed by atoms with Gasteiger partial charge in [0.1, 0.15) is 17.1 Å². The second-order valence-electron chi connectivity index (χ2n) is 10.3. The van der Waals surface area contributed by atoms with Gasteiger partial charge in [0.05, 0.1) is 13.2 Å². The molecule has 1 aromatic heterocycles. The Morgan fingerprint density at radius 3 is 2.05 bits per heavy atom. The molecule has 1 heterocycles. The molecule has 3 aromatic rings. The van der Waals surface area contributed by atoms with Gasteiger partial charge in [0.25, 0.3) is 11.7 Å². The van der Waals surface area contributed by atoms with Crippen molar-refractivity contribution in [1.29, 1.82) is 0 Å². The average Bonchev–Trinajstić information content (AvgIpc) is 3.36. The molecule has 39 heavy (non-hydrogen) atoms. The zero-order chi connectivity index (χ0) is 28.5. The van der Waals surface area contributed by atoms with E-state index < -0.39 is 17.7 Å². The first-order valence-electron chi connectivity index (χ1n) is 12.9. The molecule has 0 unspecified atom stereocenters. The number of carbonyl (C=O) groups is 2. The third-order valence-corrected chi connectivity index (χ3v) is 5.70. The molecule has 0 radical (unpaired) electrons. The fraction of sp³-hybridized carbons (Fsp3) is 0.448. The van der Waals surface area contributed by atoms with Gasteiger partial charge in [0.15, 0.2) is 6.61 Å². The van der Waals surface area contributed by atoms with Gasteiger partial charge in [0, 0.05) is 12.0 Å². The fourth-order valence-electron chi connectivity index (χ4n) is 3.61. The Morgan fingerprint density at radius 1 is 0.897 bits per heavy atom. The lowest BCUT2D eigenvalue weighted by molar-refractivity contribution is 0.0503. The number of rotatable bonds is 12. The van der Waals surface area contributed by atoms with Crippen molar-refractivity contribution in [2.24, 2.45) is 0 Å². The molecule has 0 aliphatic heterocycles. The van der Waals surface area contributed by atoms with Crippen molar-refractivity contribution < 1.29 is 33.1 Å². The predicted molar refractivity (Wildman–Crippen MR) is 144 cm³/mol. The average molecular weight is 540 g/mol. The van der Waals surface area contributed by atoms with Gasteiger partial charge in [-0.05, 0) is 74.7 Å². The van der Waals surface area contributed by atoms with Crippen LogP contribution in [0.5, 0.6) is 11.5 Å². The van der Waals surface area contributed by atoms with E-state index in [4.69, 9.17) is 23.5 Å². The maximum Gasteiger partial charge on any atom is 0.407 e. The Kier molecular flexibility index (Phi) is 9.92. The molecule has 0 saturated heterocycles. The SMILES string of the molecule is CCOC(=O)c1noc(COc2ccc(C(C)(C)c3ccc(OCCCNC(=O)OC(C)(C)C)cc3)cc2)n1. The van der Waals surface area contributed by atoms with E-state index in [1.165, 1.54) is 0 Å². The van der Waals surface area contributed by atoms with Gasteiger partial charge >= 0.3 is 12.1 Å². The number of nitrogens with one attached hydrogen (secondary N) is 1. The highest BCUT2D eigenvalue weighted by Crippen LogP contribution is 2.33. The van der Waals surface area contributed by atoms with Crippen LogP contribution in [-0.4, -0.2) is 47.6 Å². The minimum absolute atomic E-state index is 0.0354. The predicted octanol–water partition coefficient (Wildman–Crippen LogP) is 5.44. The molecule has 0 saturated carbocycles. The Morgan fingerprint density at radius 2 is 1.49 bits per heavy atom. The van der Waals surface area contributed by atoms with Crippen molar-refractivity contribution in [3.05, 3.63) is 71.4 Å². The van der Waals surface area contributed by atoms with Crippen molar-refractivity contribution in [2.45, 2.75) is 65.6 Å². The second kappa shape index (κ2) is 13.1. The van der Waals surface area contributed by atoms with Crippen LogP contribution in [0.1, 0.15) is 75.6 Å². The highest BCUT2D eigenvalue weighted by atomic mass is 16.6. The Hall–Kier alpha value is -4.08. The molecule has 0 bridgehead atoms. The minimum Gasteiger partial charge on any atom is -0.494 e. The van der Waals surface area contributed by atoms with Gasteiger partial charge in [-0.25, -0.2) is 9.59 Å². The van der Waals surface area contributed by atoms with Crippen LogP contribution in [0.25, 0.3) is 0 Å². The number of benzene rings is 2. The number of carbonyl (C=O) groups excluding carboxylic acids is 2. The Balaban J connectivity index is 1.47.